The highest BCUT2D eigenvalue weighted by Crippen LogP contribution is 2.25. The number of benzene rings is 3. The Balaban J connectivity index is 1.85. The molecule has 2 amide bonds. The second-order valence-electron chi connectivity index (χ2n) is 9.87. The standard InChI is InChI=1S/C30H35Cl2N3O4S/c1-22(2)33-30(37)28(19-23-11-6-4-7-12-23)35(21-24-16-17-25(31)20-27(24)32)29(36)15-10-18-34(3)40(38,39)26-13-8-5-9-14-26/h4-9,11-14,16-17,20,22,28H,10,15,18-19,21H2,1-3H3,(H,33,37). The van der Waals surface area contributed by atoms with Gasteiger partial charge in [0.1, 0.15) is 6.04 Å². The van der Waals surface area contributed by atoms with Crippen molar-refractivity contribution in [1.29, 1.82) is 0 Å². The third-order valence-corrected chi connectivity index (χ3v) is 8.83. The van der Waals surface area contributed by atoms with E-state index in [1.165, 1.54) is 28.4 Å². The minimum absolute atomic E-state index is 0.0418. The summed E-state index contributed by atoms with van der Waals surface area (Å²) in [6, 6.07) is 21.7. The number of halogens is 2. The van der Waals surface area contributed by atoms with Crippen LogP contribution in [-0.4, -0.2) is 55.1 Å². The Kier molecular flexibility index (Phi) is 11.6. The molecule has 0 saturated heterocycles. The maximum absolute atomic E-state index is 13.8. The first-order valence-corrected chi connectivity index (χ1v) is 15.3. The third kappa shape index (κ3) is 8.80. The van der Waals surface area contributed by atoms with E-state index in [9.17, 15) is 18.0 Å². The van der Waals surface area contributed by atoms with Gasteiger partial charge in [0.25, 0.3) is 0 Å². The zero-order chi connectivity index (χ0) is 29.3. The molecule has 3 aromatic carbocycles. The van der Waals surface area contributed by atoms with Crippen molar-refractivity contribution in [2.45, 2.75) is 56.6 Å². The van der Waals surface area contributed by atoms with Crippen LogP contribution in [0.15, 0.2) is 83.8 Å². The van der Waals surface area contributed by atoms with E-state index < -0.39 is 16.1 Å². The minimum Gasteiger partial charge on any atom is -0.352 e. The molecule has 0 aliphatic carbocycles. The molecule has 0 aromatic heterocycles. The van der Waals surface area contributed by atoms with E-state index in [4.69, 9.17) is 23.2 Å². The fraction of sp³-hybridized carbons (Fsp3) is 0.333. The van der Waals surface area contributed by atoms with Gasteiger partial charge in [0.2, 0.25) is 21.8 Å². The van der Waals surface area contributed by atoms with Gasteiger partial charge in [-0.3, -0.25) is 9.59 Å². The van der Waals surface area contributed by atoms with E-state index in [2.05, 4.69) is 5.32 Å². The number of carbonyl (C=O) groups is 2. The number of sulfonamides is 1. The second kappa shape index (κ2) is 14.6. The van der Waals surface area contributed by atoms with Crippen LogP contribution in [0.25, 0.3) is 0 Å². The molecule has 1 N–H and O–H groups in total. The van der Waals surface area contributed by atoms with Crippen LogP contribution in [0.2, 0.25) is 10.0 Å². The fourth-order valence-electron chi connectivity index (χ4n) is 4.26. The Morgan fingerprint density at radius 3 is 2.15 bits per heavy atom. The highest BCUT2D eigenvalue weighted by Gasteiger charge is 2.31. The van der Waals surface area contributed by atoms with Gasteiger partial charge >= 0.3 is 0 Å². The van der Waals surface area contributed by atoms with Crippen LogP contribution in [0.4, 0.5) is 0 Å². The lowest BCUT2D eigenvalue weighted by Crippen LogP contribution is -2.51. The smallest absolute Gasteiger partial charge is 0.243 e. The number of hydrogen-bond donors (Lipinski definition) is 1. The van der Waals surface area contributed by atoms with Crippen molar-refractivity contribution in [2.75, 3.05) is 13.6 Å². The average Bonchev–Trinajstić information content (AvgIpc) is 2.92. The molecule has 0 heterocycles. The molecule has 0 radical (unpaired) electrons. The van der Waals surface area contributed by atoms with E-state index in [-0.39, 0.29) is 48.7 Å². The molecule has 3 rings (SSSR count). The van der Waals surface area contributed by atoms with Crippen LogP contribution in [0, 0.1) is 0 Å². The fourth-order valence-corrected chi connectivity index (χ4v) is 5.96. The summed E-state index contributed by atoms with van der Waals surface area (Å²) >= 11 is 12.6. The first-order valence-electron chi connectivity index (χ1n) is 13.1. The molecule has 1 unspecified atom stereocenters. The van der Waals surface area contributed by atoms with Crippen LogP contribution in [-0.2, 0) is 32.6 Å². The van der Waals surface area contributed by atoms with Crippen LogP contribution in [0.1, 0.15) is 37.8 Å². The minimum atomic E-state index is -3.69. The maximum atomic E-state index is 13.8. The number of carbonyl (C=O) groups excluding carboxylic acids is 2. The van der Waals surface area contributed by atoms with Gasteiger partial charge in [-0.15, -0.1) is 0 Å². The molecule has 0 spiro atoms. The molecule has 0 fully saturated rings. The lowest BCUT2D eigenvalue weighted by Gasteiger charge is -2.32. The SMILES string of the molecule is CC(C)NC(=O)C(Cc1ccccc1)N(Cc1ccc(Cl)cc1Cl)C(=O)CCCN(C)S(=O)(=O)c1ccccc1. The quantitative estimate of drug-likeness (QED) is 0.277. The van der Waals surface area contributed by atoms with Gasteiger partial charge < -0.3 is 10.2 Å². The Morgan fingerprint density at radius 1 is 0.925 bits per heavy atom. The number of hydrogen-bond acceptors (Lipinski definition) is 4. The van der Waals surface area contributed by atoms with Crippen molar-refractivity contribution in [1.82, 2.24) is 14.5 Å². The van der Waals surface area contributed by atoms with Crippen molar-refractivity contribution in [2.24, 2.45) is 0 Å². The van der Waals surface area contributed by atoms with Crippen LogP contribution >= 0.6 is 23.2 Å². The lowest BCUT2D eigenvalue weighted by molar-refractivity contribution is -0.141. The van der Waals surface area contributed by atoms with Crippen LogP contribution in [0.5, 0.6) is 0 Å². The van der Waals surface area contributed by atoms with Crippen molar-refractivity contribution >= 4 is 45.0 Å². The topological polar surface area (TPSA) is 86.8 Å². The first kappa shape index (κ1) is 31.6. The number of nitrogens with one attached hydrogen (secondary N) is 1. The summed E-state index contributed by atoms with van der Waals surface area (Å²) in [5.41, 5.74) is 1.55. The molecule has 3 aromatic rings. The summed E-state index contributed by atoms with van der Waals surface area (Å²) in [5, 5.41) is 3.80. The summed E-state index contributed by atoms with van der Waals surface area (Å²) in [6.07, 6.45) is 0.620. The molecule has 0 aliphatic heterocycles. The van der Waals surface area contributed by atoms with Crippen LogP contribution in [0.3, 0.4) is 0 Å². The summed E-state index contributed by atoms with van der Waals surface area (Å²) in [5.74, 6) is -0.558. The molecule has 0 aliphatic rings. The molecule has 7 nitrogen and oxygen atoms in total. The second-order valence-corrected chi connectivity index (χ2v) is 12.8. The highest BCUT2D eigenvalue weighted by molar-refractivity contribution is 7.89. The van der Waals surface area contributed by atoms with E-state index in [0.29, 0.717) is 22.0 Å². The lowest BCUT2D eigenvalue weighted by atomic mass is 10.0. The van der Waals surface area contributed by atoms with Crippen molar-refractivity contribution in [3.8, 4) is 0 Å². The monoisotopic (exact) mass is 603 g/mol. The van der Waals surface area contributed by atoms with E-state index in [1.807, 2.05) is 44.2 Å². The predicted molar refractivity (Wildman–Crippen MR) is 160 cm³/mol. The van der Waals surface area contributed by atoms with Crippen molar-refractivity contribution < 1.29 is 18.0 Å². The van der Waals surface area contributed by atoms with Crippen molar-refractivity contribution in [3.05, 3.63) is 100 Å². The summed E-state index contributed by atoms with van der Waals surface area (Å²) in [4.78, 5) is 28.9. The average molecular weight is 605 g/mol. The zero-order valence-corrected chi connectivity index (χ0v) is 25.2. The summed E-state index contributed by atoms with van der Waals surface area (Å²) < 4.78 is 27.0. The van der Waals surface area contributed by atoms with E-state index >= 15 is 0 Å². The number of amides is 2. The molecule has 1 atom stereocenters. The summed E-state index contributed by atoms with van der Waals surface area (Å²) in [6.45, 7) is 3.96. The Bertz CT molecular complexity index is 1390. The Morgan fingerprint density at radius 2 is 1.55 bits per heavy atom. The maximum Gasteiger partial charge on any atom is 0.243 e. The van der Waals surface area contributed by atoms with E-state index in [1.54, 1.807) is 36.4 Å². The summed E-state index contributed by atoms with van der Waals surface area (Å²) in [7, 11) is -2.19. The van der Waals surface area contributed by atoms with Gasteiger partial charge in [-0.25, -0.2) is 12.7 Å². The molecule has 40 heavy (non-hydrogen) atoms. The molecule has 0 saturated carbocycles. The van der Waals surface area contributed by atoms with Gasteiger partial charge in [0.05, 0.1) is 4.90 Å². The van der Waals surface area contributed by atoms with Gasteiger partial charge in [-0.05, 0) is 55.7 Å². The number of nitrogens with zero attached hydrogens (tertiary/aromatic N) is 2. The predicted octanol–water partition coefficient (Wildman–Crippen LogP) is 5.56. The molecule has 0 bridgehead atoms. The van der Waals surface area contributed by atoms with Gasteiger partial charge in [0.15, 0.2) is 0 Å². The molecular formula is C30H35Cl2N3O4S. The normalized spacial score (nSPS) is 12.4. The molecular weight excluding hydrogens is 569 g/mol. The highest BCUT2D eigenvalue weighted by atomic mass is 35.5. The zero-order valence-electron chi connectivity index (χ0n) is 22.9. The van der Waals surface area contributed by atoms with Gasteiger partial charge in [0, 0.05) is 49.1 Å². The van der Waals surface area contributed by atoms with Crippen molar-refractivity contribution in [3.63, 3.8) is 0 Å². The largest absolute Gasteiger partial charge is 0.352 e. The Labute approximate surface area is 247 Å². The van der Waals surface area contributed by atoms with Gasteiger partial charge in [-0.2, -0.15) is 0 Å². The Hall–Kier alpha value is -2.91. The molecule has 214 valence electrons. The first-order chi connectivity index (χ1) is 19.0. The van der Waals surface area contributed by atoms with Crippen LogP contribution < -0.4 is 5.32 Å². The van der Waals surface area contributed by atoms with E-state index in [0.717, 1.165) is 5.56 Å². The number of rotatable bonds is 13. The third-order valence-electron chi connectivity index (χ3n) is 6.37. The van der Waals surface area contributed by atoms with Gasteiger partial charge in [-0.1, -0.05) is 77.8 Å². The molecule has 10 heteroatoms.